The molecule has 2 aromatic rings. The zero-order valence-electron chi connectivity index (χ0n) is 11.9. The Kier molecular flexibility index (Phi) is 4.45. The molecule has 1 fully saturated rings. The number of carbonyl (C=O) groups is 2. The van der Waals surface area contributed by atoms with Gasteiger partial charge < -0.3 is 15.5 Å². The summed E-state index contributed by atoms with van der Waals surface area (Å²) in [5.74, 6) is -0.267. The SMILES string of the molecule is O=C(Nc1ccsc1C(=O)N1CCNCC1)c1ccncc1. The van der Waals surface area contributed by atoms with Crippen LogP contribution >= 0.6 is 11.3 Å². The Labute approximate surface area is 132 Å². The summed E-state index contributed by atoms with van der Waals surface area (Å²) in [7, 11) is 0. The number of anilines is 1. The largest absolute Gasteiger partial charge is 0.335 e. The minimum atomic E-state index is -0.241. The predicted octanol–water partition coefficient (Wildman–Crippen LogP) is 1.44. The Morgan fingerprint density at radius 3 is 2.64 bits per heavy atom. The molecule has 7 heteroatoms. The smallest absolute Gasteiger partial charge is 0.266 e. The molecule has 114 valence electrons. The predicted molar refractivity (Wildman–Crippen MR) is 85.3 cm³/mol. The van der Waals surface area contributed by atoms with Crippen molar-refractivity contribution in [3.63, 3.8) is 0 Å². The molecule has 1 aliphatic heterocycles. The Morgan fingerprint density at radius 2 is 1.91 bits per heavy atom. The van der Waals surface area contributed by atoms with E-state index >= 15 is 0 Å². The minimum absolute atomic E-state index is 0.0264. The number of piperazine rings is 1. The number of aromatic nitrogens is 1. The van der Waals surface area contributed by atoms with Gasteiger partial charge in [-0.15, -0.1) is 11.3 Å². The molecule has 0 aliphatic carbocycles. The average molecular weight is 316 g/mol. The van der Waals surface area contributed by atoms with Gasteiger partial charge >= 0.3 is 0 Å². The third-order valence-corrected chi connectivity index (χ3v) is 4.36. The minimum Gasteiger partial charge on any atom is -0.335 e. The first-order valence-corrected chi connectivity index (χ1v) is 7.92. The van der Waals surface area contributed by atoms with Crippen LogP contribution in [0.15, 0.2) is 36.0 Å². The second-order valence-corrected chi connectivity index (χ2v) is 5.81. The number of rotatable bonds is 3. The molecule has 2 amide bonds. The summed E-state index contributed by atoms with van der Waals surface area (Å²) in [5, 5.41) is 7.84. The lowest BCUT2D eigenvalue weighted by atomic mass is 10.2. The summed E-state index contributed by atoms with van der Waals surface area (Å²) >= 11 is 1.35. The summed E-state index contributed by atoms with van der Waals surface area (Å²) < 4.78 is 0. The Hall–Kier alpha value is -2.25. The summed E-state index contributed by atoms with van der Waals surface area (Å²) in [4.78, 5) is 31.0. The quantitative estimate of drug-likeness (QED) is 0.898. The Morgan fingerprint density at radius 1 is 1.18 bits per heavy atom. The lowest BCUT2D eigenvalue weighted by Crippen LogP contribution is -2.46. The van der Waals surface area contributed by atoms with Crippen molar-refractivity contribution >= 4 is 28.8 Å². The fourth-order valence-corrected chi connectivity index (χ4v) is 3.10. The van der Waals surface area contributed by atoms with E-state index in [0.717, 1.165) is 13.1 Å². The fraction of sp³-hybridized carbons (Fsp3) is 0.267. The molecule has 1 aliphatic rings. The van der Waals surface area contributed by atoms with Crippen LogP contribution in [0, 0.1) is 0 Å². The molecule has 3 rings (SSSR count). The normalized spacial score (nSPS) is 14.6. The van der Waals surface area contributed by atoms with E-state index in [1.165, 1.54) is 11.3 Å². The number of hydrogen-bond acceptors (Lipinski definition) is 5. The zero-order chi connectivity index (χ0) is 15.4. The van der Waals surface area contributed by atoms with Crippen LogP contribution < -0.4 is 10.6 Å². The third-order valence-electron chi connectivity index (χ3n) is 3.45. The van der Waals surface area contributed by atoms with Gasteiger partial charge in [-0.1, -0.05) is 0 Å². The first kappa shape index (κ1) is 14.7. The van der Waals surface area contributed by atoms with Crippen LogP contribution in [0.5, 0.6) is 0 Å². The highest BCUT2D eigenvalue weighted by molar-refractivity contribution is 7.12. The van der Waals surface area contributed by atoms with Crippen LogP contribution in [0.3, 0.4) is 0 Å². The van der Waals surface area contributed by atoms with E-state index in [2.05, 4.69) is 15.6 Å². The van der Waals surface area contributed by atoms with Gasteiger partial charge in [0.2, 0.25) is 0 Å². The lowest BCUT2D eigenvalue weighted by molar-refractivity contribution is 0.0741. The fourth-order valence-electron chi connectivity index (χ4n) is 2.28. The topological polar surface area (TPSA) is 74.3 Å². The van der Waals surface area contributed by atoms with Crippen LogP contribution in [-0.4, -0.2) is 47.9 Å². The van der Waals surface area contributed by atoms with Gasteiger partial charge in [0.25, 0.3) is 11.8 Å². The van der Waals surface area contributed by atoms with E-state index in [-0.39, 0.29) is 11.8 Å². The number of thiophene rings is 1. The molecule has 3 heterocycles. The van der Waals surface area contributed by atoms with E-state index < -0.39 is 0 Å². The van der Waals surface area contributed by atoms with Crippen molar-refractivity contribution in [1.29, 1.82) is 0 Å². The first-order valence-electron chi connectivity index (χ1n) is 7.04. The Balaban J connectivity index is 1.74. The molecule has 2 N–H and O–H groups in total. The number of carbonyl (C=O) groups excluding carboxylic acids is 2. The molecule has 2 aromatic heterocycles. The molecule has 0 saturated carbocycles. The van der Waals surface area contributed by atoms with Crippen LogP contribution in [-0.2, 0) is 0 Å². The molecule has 0 unspecified atom stereocenters. The van der Waals surface area contributed by atoms with Crippen molar-refractivity contribution in [2.75, 3.05) is 31.5 Å². The molecule has 0 radical (unpaired) electrons. The van der Waals surface area contributed by atoms with E-state index in [9.17, 15) is 9.59 Å². The van der Waals surface area contributed by atoms with Crippen molar-refractivity contribution in [3.05, 3.63) is 46.4 Å². The standard InChI is InChI=1S/C15H16N4O2S/c20-14(11-1-4-16-5-2-11)18-12-3-10-22-13(12)15(21)19-8-6-17-7-9-19/h1-5,10,17H,6-9H2,(H,18,20). The molecule has 0 spiro atoms. The molecule has 0 aromatic carbocycles. The summed E-state index contributed by atoms with van der Waals surface area (Å²) in [6, 6.07) is 5.04. The van der Waals surface area contributed by atoms with Crippen molar-refractivity contribution in [1.82, 2.24) is 15.2 Å². The van der Waals surface area contributed by atoms with Gasteiger partial charge in [-0.25, -0.2) is 0 Å². The molecule has 22 heavy (non-hydrogen) atoms. The molecular formula is C15H16N4O2S. The van der Waals surface area contributed by atoms with Gasteiger partial charge in [0.1, 0.15) is 4.88 Å². The van der Waals surface area contributed by atoms with E-state index in [1.54, 1.807) is 30.6 Å². The van der Waals surface area contributed by atoms with Crippen LogP contribution in [0.25, 0.3) is 0 Å². The number of nitrogens with zero attached hydrogens (tertiary/aromatic N) is 2. The average Bonchev–Trinajstić information content (AvgIpc) is 3.04. The molecule has 1 saturated heterocycles. The third kappa shape index (κ3) is 3.15. The van der Waals surface area contributed by atoms with Gasteiger partial charge in [0, 0.05) is 44.1 Å². The number of amides is 2. The second kappa shape index (κ2) is 6.67. The summed E-state index contributed by atoms with van der Waals surface area (Å²) in [6.07, 6.45) is 3.13. The van der Waals surface area contributed by atoms with E-state index in [1.807, 2.05) is 10.3 Å². The van der Waals surface area contributed by atoms with Crippen LogP contribution in [0.2, 0.25) is 0 Å². The van der Waals surface area contributed by atoms with Gasteiger partial charge in [0.05, 0.1) is 5.69 Å². The second-order valence-electron chi connectivity index (χ2n) is 4.90. The van der Waals surface area contributed by atoms with Crippen LogP contribution in [0.1, 0.15) is 20.0 Å². The first-order chi connectivity index (χ1) is 10.8. The maximum Gasteiger partial charge on any atom is 0.266 e. The highest BCUT2D eigenvalue weighted by Crippen LogP contribution is 2.24. The maximum absolute atomic E-state index is 12.5. The van der Waals surface area contributed by atoms with Crippen molar-refractivity contribution in [2.24, 2.45) is 0 Å². The molecule has 0 bridgehead atoms. The molecule has 6 nitrogen and oxygen atoms in total. The number of pyridine rings is 1. The Bertz CT molecular complexity index is 665. The number of nitrogens with one attached hydrogen (secondary N) is 2. The highest BCUT2D eigenvalue weighted by atomic mass is 32.1. The summed E-state index contributed by atoms with van der Waals surface area (Å²) in [6.45, 7) is 2.98. The monoisotopic (exact) mass is 316 g/mol. The van der Waals surface area contributed by atoms with Gasteiger partial charge in [-0.05, 0) is 23.6 Å². The van der Waals surface area contributed by atoms with Crippen molar-refractivity contribution < 1.29 is 9.59 Å². The van der Waals surface area contributed by atoms with E-state index in [4.69, 9.17) is 0 Å². The van der Waals surface area contributed by atoms with Gasteiger partial charge in [-0.2, -0.15) is 0 Å². The molecule has 0 atom stereocenters. The van der Waals surface area contributed by atoms with E-state index in [0.29, 0.717) is 29.2 Å². The van der Waals surface area contributed by atoms with Crippen LogP contribution in [0.4, 0.5) is 5.69 Å². The number of hydrogen-bond donors (Lipinski definition) is 2. The van der Waals surface area contributed by atoms with Gasteiger partial charge in [-0.3, -0.25) is 14.6 Å². The van der Waals surface area contributed by atoms with Gasteiger partial charge in [0.15, 0.2) is 0 Å². The lowest BCUT2D eigenvalue weighted by Gasteiger charge is -2.27. The maximum atomic E-state index is 12.5. The summed E-state index contributed by atoms with van der Waals surface area (Å²) in [5.41, 5.74) is 1.08. The highest BCUT2D eigenvalue weighted by Gasteiger charge is 2.22. The van der Waals surface area contributed by atoms with Crippen molar-refractivity contribution in [2.45, 2.75) is 0 Å². The zero-order valence-corrected chi connectivity index (χ0v) is 12.7. The van der Waals surface area contributed by atoms with Crippen molar-refractivity contribution in [3.8, 4) is 0 Å². The molecular weight excluding hydrogens is 300 g/mol.